The van der Waals surface area contributed by atoms with Gasteiger partial charge < -0.3 is 40.8 Å². The molecule has 0 saturated carbocycles. The average molecular weight is 770 g/mol. The fraction of sp³-hybridized carbons (Fsp3) is 0.455. The molecule has 0 unspecified atom stereocenters. The number of oxime groups is 1. The molecular formula is C33H37N8O10S2+. The number of aromatic nitrogens is 3. The summed E-state index contributed by atoms with van der Waals surface area (Å²) in [4.78, 5) is 79.2. The Bertz CT molecular complexity index is 2170. The lowest BCUT2D eigenvalue weighted by atomic mass is 9.70. The molecule has 2 atom stereocenters. The monoisotopic (exact) mass is 769 g/mol. The topological polar surface area (TPSA) is 260 Å². The highest BCUT2D eigenvalue weighted by atomic mass is 32.2. The summed E-state index contributed by atoms with van der Waals surface area (Å²) < 4.78 is 2.21. The number of quaternary nitrogens is 1. The minimum Gasteiger partial charge on any atom is -0.504 e. The van der Waals surface area contributed by atoms with Crippen molar-refractivity contribution < 1.29 is 48.9 Å². The van der Waals surface area contributed by atoms with Crippen molar-refractivity contribution in [3.8, 4) is 11.5 Å². The van der Waals surface area contributed by atoms with E-state index in [1.807, 2.05) is 0 Å². The number of carboxylic acids is 2. The molecule has 5 aliphatic rings. The maximum Gasteiger partial charge on any atom is 0.352 e. The second-order valence-electron chi connectivity index (χ2n) is 14.5. The van der Waals surface area contributed by atoms with E-state index in [2.05, 4.69) is 20.4 Å². The van der Waals surface area contributed by atoms with Gasteiger partial charge in [0, 0.05) is 54.0 Å². The molecule has 5 aliphatic heterocycles. The number of aromatic hydroxyl groups is 2. The molecule has 2 amide bonds. The predicted octanol–water partition coefficient (Wildman–Crippen LogP) is 0.870. The Morgan fingerprint density at radius 3 is 2.43 bits per heavy atom. The van der Waals surface area contributed by atoms with Crippen LogP contribution in [0.15, 0.2) is 45.1 Å². The Morgan fingerprint density at radius 1 is 1.13 bits per heavy atom. The number of aliphatic carboxylic acids is 2. The number of anilines is 1. The molecule has 8 rings (SSSR count). The highest BCUT2D eigenvalue weighted by molar-refractivity contribution is 8.00. The molecule has 53 heavy (non-hydrogen) atoms. The molecule has 20 heteroatoms. The quantitative estimate of drug-likeness (QED) is 0.0520. The number of β-lactam (4-membered cyclic amide) rings is 1. The number of nitrogens with zero attached hydrogens (tertiary/aromatic N) is 6. The third-order valence-electron chi connectivity index (χ3n) is 10.7. The van der Waals surface area contributed by atoms with Crippen LogP contribution in [-0.4, -0.2) is 123 Å². The largest absolute Gasteiger partial charge is 0.504 e. The third-order valence-corrected chi connectivity index (χ3v) is 12.7. The first-order chi connectivity index (χ1) is 25.0. The van der Waals surface area contributed by atoms with Gasteiger partial charge in [0.2, 0.25) is 5.60 Å². The summed E-state index contributed by atoms with van der Waals surface area (Å²) in [6.07, 6.45) is 3.85. The molecule has 4 fully saturated rings. The van der Waals surface area contributed by atoms with Crippen molar-refractivity contribution in [1.82, 2.24) is 24.8 Å². The number of rotatable bonds is 11. The van der Waals surface area contributed by atoms with Crippen molar-refractivity contribution >= 4 is 68.6 Å². The molecule has 280 valence electrons. The van der Waals surface area contributed by atoms with E-state index in [1.165, 1.54) is 54.3 Å². The van der Waals surface area contributed by atoms with Crippen LogP contribution in [0.1, 0.15) is 38.8 Å². The van der Waals surface area contributed by atoms with Gasteiger partial charge in [-0.3, -0.25) is 23.9 Å². The molecular weight excluding hydrogens is 733 g/mol. The summed E-state index contributed by atoms with van der Waals surface area (Å²) in [5.74, 6) is -4.46. The first kappa shape index (κ1) is 36.2. The number of amides is 2. The number of nitrogen functional groups attached to an aromatic ring is 1. The van der Waals surface area contributed by atoms with Crippen LogP contribution < -0.4 is 16.6 Å². The Labute approximate surface area is 309 Å². The van der Waals surface area contributed by atoms with Crippen LogP contribution in [-0.2, 0) is 30.6 Å². The highest BCUT2D eigenvalue weighted by Gasteiger charge is 2.56. The third kappa shape index (κ3) is 6.43. The Morgan fingerprint density at radius 2 is 1.81 bits per heavy atom. The molecule has 4 saturated heterocycles. The lowest BCUT2D eigenvalue weighted by Crippen LogP contribution is -2.71. The molecule has 2 bridgehead atoms. The van der Waals surface area contributed by atoms with Crippen molar-refractivity contribution in [2.24, 2.45) is 10.6 Å². The van der Waals surface area contributed by atoms with Gasteiger partial charge in [-0.2, -0.15) is 0 Å². The molecule has 7 heterocycles. The molecule has 1 aromatic carbocycles. The zero-order valence-electron chi connectivity index (χ0n) is 28.6. The van der Waals surface area contributed by atoms with Crippen molar-refractivity contribution in [1.29, 1.82) is 0 Å². The van der Waals surface area contributed by atoms with E-state index >= 15 is 0 Å². The van der Waals surface area contributed by atoms with Gasteiger partial charge in [0.05, 0.1) is 36.9 Å². The minimum absolute atomic E-state index is 0.0166. The number of carboxylic acid groups (broad SMARTS) is 2. The van der Waals surface area contributed by atoms with Crippen LogP contribution in [0.2, 0.25) is 0 Å². The summed E-state index contributed by atoms with van der Waals surface area (Å²) in [6, 6.07) is 1.40. The molecule has 7 N–H and O–H groups in total. The van der Waals surface area contributed by atoms with Gasteiger partial charge in [0.25, 0.3) is 17.4 Å². The van der Waals surface area contributed by atoms with Crippen molar-refractivity contribution in [3.63, 3.8) is 0 Å². The van der Waals surface area contributed by atoms with E-state index in [-0.39, 0.29) is 44.1 Å². The number of benzene rings is 1. The molecule has 18 nitrogen and oxygen atoms in total. The smallest absolute Gasteiger partial charge is 0.352 e. The van der Waals surface area contributed by atoms with E-state index in [1.54, 1.807) is 4.57 Å². The highest BCUT2D eigenvalue weighted by Crippen LogP contribution is 2.47. The lowest BCUT2D eigenvalue weighted by Gasteiger charge is -2.56. The molecule has 3 aromatic rings. The van der Waals surface area contributed by atoms with Gasteiger partial charge in [-0.25, -0.2) is 19.6 Å². The number of nitrogens with two attached hydrogens (primary N) is 1. The van der Waals surface area contributed by atoms with E-state index in [4.69, 9.17) is 10.6 Å². The Balaban J connectivity index is 1.04. The second kappa shape index (κ2) is 13.0. The number of thioether (sulfide) groups is 1. The van der Waals surface area contributed by atoms with E-state index in [0.717, 1.165) is 50.2 Å². The SMILES string of the molecule is CC(C)(O/N=C(\C(=O)N[C@@H]1C(=O)N2C(C(=O)O)=C(C[N+]34CCC(Cn5cnc6cc(O)c(O)cc6c5=O)(CC3)CC4)CS[C@H]12)c1csc(N)n1)C(=O)O. The second-order valence-corrected chi connectivity index (χ2v) is 16.5. The maximum absolute atomic E-state index is 13.5. The molecule has 0 radical (unpaired) electrons. The molecule has 0 aliphatic carbocycles. The van der Waals surface area contributed by atoms with Crippen LogP contribution in [0.25, 0.3) is 10.9 Å². The number of fused-ring (bicyclic) bond motifs is 5. The number of phenolic OH excluding ortho intramolecular Hbond substituents is 2. The van der Waals surface area contributed by atoms with Gasteiger partial charge in [-0.1, -0.05) is 5.16 Å². The van der Waals surface area contributed by atoms with Crippen molar-refractivity contribution in [2.75, 3.05) is 37.7 Å². The van der Waals surface area contributed by atoms with Crippen LogP contribution in [0.5, 0.6) is 11.5 Å². The lowest BCUT2D eigenvalue weighted by molar-refractivity contribution is -0.941. The van der Waals surface area contributed by atoms with Crippen LogP contribution in [0.3, 0.4) is 0 Å². The number of hydrogen-bond acceptors (Lipinski definition) is 14. The number of carbonyl (C=O) groups excluding carboxylic acids is 2. The average Bonchev–Trinajstić information content (AvgIpc) is 3.55. The number of nitrogens with one attached hydrogen (secondary N) is 1. The number of thiazole rings is 1. The summed E-state index contributed by atoms with van der Waals surface area (Å²) in [7, 11) is 0. The fourth-order valence-electron chi connectivity index (χ4n) is 7.48. The number of carbonyl (C=O) groups is 4. The van der Waals surface area contributed by atoms with Crippen molar-refractivity contribution in [3.05, 3.63) is 51.2 Å². The number of piperidine rings is 3. The first-order valence-electron chi connectivity index (χ1n) is 16.7. The predicted molar refractivity (Wildman–Crippen MR) is 191 cm³/mol. The van der Waals surface area contributed by atoms with Gasteiger partial charge in [-0.05, 0) is 19.9 Å². The Kier molecular flexibility index (Phi) is 8.89. The molecule has 2 aromatic heterocycles. The van der Waals surface area contributed by atoms with E-state index in [9.17, 15) is 44.4 Å². The van der Waals surface area contributed by atoms with Crippen LogP contribution >= 0.6 is 23.1 Å². The van der Waals surface area contributed by atoms with Gasteiger partial charge in [-0.15, -0.1) is 23.1 Å². The summed E-state index contributed by atoms with van der Waals surface area (Å²) in [5, 5.41) is 47.0. The zero-order valence-corrected chi connectivity index (χ0v) is 30.3. The number of phenols is 2. The van der Waals surface area contributed by atoms with E-state index < -0.39 is 52.2 Å². The maximum atomic E-state index is 13.5. The molecule has 0 spiro atoms. The minimum atomic E-state index is -1.78. The summed E-state index contributed by atoms with van der Waals surface area (Å²) >= 11 is 2.37. The van der Waals surface area contributed by atoms with Gasteiger partial charge in [0.1, 0.15) is 29.4 Å². The Hall–Kier alpha value is -5.21. The fourth-order valence-corrected chi connectivity index (χ4v) is 9.37. The summed E-state index contributed by atoms with van der Waals surface area (Å²) in [5.41, 5.74) is 3.96. The van der Waals surface area contributed by atoms with E-state index in [0.29, 0.717) is 28.9 Å². The van der Waals surface area contributed by atoms with Gasteiger partial charge >= 0.3 is 11.9 Å². The summed E-state index contributed by atoms with van der Waals surface area (Å²) in [6.45, 7) is 5.64. The standard InChI is InChI=1S/C33H36N8O10S2/c1-32(2,30(49)50)51-38-22(19-13-53-31(34)36-19)25(44)37-23-27(46)40-24(29(47)48)16(12-52-28(23)40)11-41-6-3-33(4-7-41,5-8-41)14-39-15-35-18-10-21(43)20(42)9-17(18)26(39)45/h9-10,13,15,23,28H,3-8,11-12,14H2,1-2H3,(H6-,34,36,37,38,42,43,44,45,47,48,49,50)/p+1/t23-,28-,33?,41?/m1/s1. The van der Waals surface area contributed by atoms with Gasteiger partial charge in [0.15, 0.2) is 22.3 Å². The van der Waals surface area contributed by atoms with Crippen LogP contribution in [0.4, 0.5) is 5.13 Å². The normalized spacial score (nSPS) is 25.6. The first-order valence-corrected chi connectivity index (χ1v) is 18.6. The number of hydrogen-bond donors (Lipinski definition) is 6. The zero-order chi connectivity index (χ0) is 38.0. The van der Waals surface area contributed by atoms with Crippen molar-refractivity contribution in [2.45, 2.75) is 56.7 Å². The van der Waals surface area contributed by atoms with Crippen LogP contribution in [0, 0.1) is 5.41 Å².